The fraction of sp³-hybridized carbons (Fsp3) is 0.538. The minimum absolute atomic E-state index is 0.111. The van der Waals surface area contributed by atoms with E-state index in [0.29, 0.717) is 5.82 Å². The number of hydrogen-bond acceptors (Lipinski definition) is 4. The van der Waals surface area contributed by atoms with E-state index >= 15 is 0 Å². The van der Waals surface area contributed by atoms with Crippen LogP contribution in [0.3, 0.4) is 0 Å². The standard InChI is InChI=1S/C13H18ClN3O2/c1-9(8-17-6-2-3-7-17)15-11-5-4-10(14)12(16-11)13(18)19/h4-5,9H,2-3,6-8H2,1H3,(H,15,16)(H,18,19). The number of hydrogen-bond donors (Lipinski definition) is 2. The summed E-state index contributed by atoms with van der Waals surface area (Å²) in [6.07, 6.45) is 2.52. The molecule has 5 nitrogen and oxygen atoms in total. The first-order valence-corrected chi connectivity index (χ1v) is 6.83. The molecule has 0 aliphatic carbocycles. The SMILES string of the molecule is CC(CN1CCCC1)Nc1ccc(Cl)c(C(=O)O)n1. The lowest BCUT2D eigenvalue weighted by Crippen LogP contribution is -2.33. The number of anilines is 1. The highest BCUT2D eigenvalue weighted by molar-refractivity contribution is 6.33. The van der Waals surface area contributed by atoms with Gasteiger partial charge in [-0.15, -0.1) is 0 Å². The fourth-order valence-electron chi connectivity index (χ4n) is 2.32. The Hall–Kier alpha value is -1.33. The Morgan fingerprint density at radius 1 is 1.53 bits per heavy atom. The van der Waals surface area contributed by atoms with Gasteiger partial charge in [-0.05, 0) is 45.0 Å². The molecule has 0 saturated carbocycles. The molecular formula is C13H18ClN3O2. The largest absolute Gasteiger partial charge is 0.476 e. The summed E-state index contributed by atoms with van der Waals surface area (Å²) in [5, 5.41) is 12.3. The quantitative estimate of drug-likeness (QED) is 0.868. The van der Waals surface area contributed by atoms with Crippen LogP contribution in [0.25, 0.3) is 0 Å². The third kappa shape index (κ3) is 3.81. The number of halogens is 1. The van der Waals surface area contributed by atoms with Gasteiger partial charge in [-0.1, -0.05) is 11.6 Å². The average molecular weight is 284 g/mol. The summed E-state index contributed by atoms with van der Waals surface area (Å²) in [4.78, 5) is 17.4. The number of aromatic nitrogens is 1. The van der Waals surface area contributed by atoms with E-state index in [0.717, 1.165) is 19.6 Å². The maximum Gasteiger partial charge on any atom is 0.356 e. The Morgan fingerprint density at radius 3 is 2.84 bits per heavy atom. The molecule has 2 heterocycles. The van der Waals surface area contributed by atoms with Crippen molar-refractivity contribution in [2.45, 2.75) is 25.8 Å². The van der Waals surface area contributed by atoms with Gasteiger partial charge < -0.3 is 15.3 Å². The van der Waals surface area contributed by atoms with Crippen molar-refractivity contribution in [1.29, 1.82) is 0 Å². The first-order chi connectivity index (χ1) is 9.06. The lowest BCUT2D eigenvalue weighted by Gasteiger charge is -2.21. The van der Waals surface area contributed by atoms with Crippen LogP contribution in [-0.2, 0) is 0 Å². The van der Waals surface area contributed by atoms with Crippen LogP contribution in [0.1, 0.15) is 30.3 Å². The molecule has 1 aromatic rings. The number of carboxylic acids is 1. The molecule has 1 aliphatic heterocycles. The summed E-state index contributed by atoms with van der Waals surface area (Å²) in [7, 11) is 0. The predicted octanol–water partition coefficient (Wildman–Crippen LogP) is 2.33. The van der Waals surface area contributed by atoms with E-state index in [9.17, 15) is 4.79 Å². The molecular weight excluding hydrogens is 266 g/mol. The second kappa shape index (κ2) is 6.21. The van der Waals surface area contributed by atoms with Crippen molar-refractivity contribution in [3.8, 4) is 0 Å². The van der Waals surface area contributed by atoms with Crippen LogP contribution < -0.4 is 5.32 Å². The van der Waals surface area contributed by atoms with Crippen molar-refractivity contribution in [1.82, 2.24) is 9.88 Å². The van der Waals surface area contributed by atoms with Crippen LogP contribution in [0.2, 0.25) is 5.02 Å². The molecule has 6 heteroatoms. The first-order valence-electron chi connectivity index (χ1n) is 6.45. The number of pyridine rings is 1. The highest BCUT2D eigenvalue weighted by atomic mass is 35.5. The Morgan fingerprint density at radius 2 is 2.21 bits per heavy atom. The molecule has 0 bridgehead atoms. The third-order valence-electron chi connectivity index (χ3n) is 3.17. The molecule has 1 unspecified atom stereocenters. The van der Waals surface area contributed by atoms with E-state index in [1.54, 1.807) is 12.1 Å². The Balaban J connectivity index is 1.98. The highest BCUT2D eigenvalue weighted by Crippen LogP contribution is 2.17. The molecule has 1 saturated heterocycles. The number of aromatic carboxylic acids is 1. The van der Waals surface area contributed by atoms with E-state index in [2.05, 4.69) is 22.1 Å². The molecule has 0 spiro atoms. The number of carbonyl (C=O) groups is 1. The molecule has 19 heavy (non-hydrogen) atoms. The van der Waals surface area contributed by atoms with Gasteiger partial charge in [0.15, 0.2) is 5.69 Å². The molecule has 0 aromatic carbocycles. The predicted molar refractivity (Wildman–Crippen MR) is 75.0 cm³/mol. The summed E-state index contributed by atoms with van der Waals surface area (Å²) >= 11 is 5.79. The van der Waals surface area contributed by atoms with Gasteiger partial charge >= 0.3 is 5.97 Å². The van der Waals surface area contributed by atoms with Crippen LogP contribution >= 0.6 is 11.6 Å². The van der Waals surface area contributed by atoms with Gasteiger partial charge in [0.2, 0.25) is 0 Å². The Bertz CT molecular complexity index is 461. The van der Waals surface area contributed by atoms with Crippen molar-refractivity contribution >= 4 is 23.4 Å². The second-order valence-corrected chi connectivity index (χ2v) is 5.29. The van der Waals surface area contributed by atoms with E-state index in [4.69, 9.17) is 16.7 Å². The van der Waals surface area contributed by atoms with Crippen LogP contribution in [0.4, 0.5) is 5.82 Å². The molecule has 1 atom stereocenters. The maximum absolute atomic E-state index is 11.0. The van der Waals surface area contributed by atoms with Crippen LogP contribution in [0.5, 0.6) is 0 Å². The summed E-state index contributed by atoms with van der Waals surface area (Å²) in [5.74, 6) is -0.561. The van der Waals surface area contributed by atoms with Crippen molar-refractivity contribution in [2.75, 3.05) is 25.0 Å². The number of rotatable bonds is 5. The molecule has 1 fully saturated rings. The van der Waals surface area contributed by atoms with E-state index in [-0.39, 0.29) is 16.8 Å². The average Bonchev–Trinajstić information content (AvgIpc) is 2.84. The van der Waals surface area contributed by atoms with Gasteiger partial charge in [0.25, 0.3) is 0 Å². The van der Waals surface area contributed by atoms with Gasteiger partial charge in [0.1, 0.15) is 5.82 Å². The van der Waals surface area contributed by atoms with Crippen molar-refractivity contribution in [3.63, 3.8) is 0 Å². The molecule has 1 aromatic heterocycles. The Kier molecular flexibility index (Phi) is 4.61. The van der Waals surface area contributed by atoms with Crippen molar-refractivity contribution in [2.24, 2.45) is 0 Å². The van der Waals surface area contributed by atoms with E-state index in [1.807, 2.05) is 0 Å². The monoisotopic (exact) mass is 283 g/mol. The smallest absolute Gasteiger partial charge is 0.356 e. The van der Waals surface area contributed by atoms with Crippen molar-refractivity contribution < 1.29 is 9.90 Å². The van der Waals surface area contributed by atoms with E-state index < -0.39 is 5.97 Å². The minimum atomic E-state index is -1.11. The third-order valence-corrected chi connectivity index (χ3v) is 3.48. The Labute approximate surface area is 117 Å². The first kappa shape index (κ1) is 14.1. The molecule has 0 amide bonds. The number of nitrogens with zero attached hydrogens (tertiary/aromatic N) is 2. The zero-order valence-corrected chi connectivity index (χ0v) is 11.7. The van der Waals surface area contributed by atoms with Crippen LogP contribution in [0.15, 0.2) is 12.1 Å². The fourth-order valence-corrected chi connectivity index (χ4v) is 2.51. The molecule has 0 radical (unpaired) electrons. The normalized spacial score (nSPS) is 17.4. The zero-order valence-electron chi connectivity index (χ0n) is 10.9. The van der Waals surface area contributed by atoms with Gasteiger partial charge in [-0.2, -0.15) is 0 Å². The maximum atomic E-state index is 11.0. The molecule has 2 rings (SSSR count). The van der Waals surface area contributed by atoms with Gasteiger partial charge in [-0.3, -0.25) is 0 Å². The number of likely N-dealkylation sites (tertiary alicyclic amines) is 1. The summed E-state index contributed by atoms with van der Waals surface area (Å²) < 4.78 is 0. The molecule has 1 aliphatic rings. The van der Waals surface area contributed by atoms with Gasteiger partial charge in [0.05, 0.1) is 5.02 Å². The van der Waals surface area contributed by atoms with Gasteiger partial charge in [0, 0.05) is 12.6 Å². The lowest BCUT2D eigenvalue weighted by atomic mass is 10.3. The second-order valence-electron chi connectivity index (χ2n) is 4.89. The summed E-state index contributed by atoms with van der Waals surface area (Å²) in [6, 6.07) is 3.48. The highest BCUT2D eigenvalue weighted by Gasteiger charge is 2.16. The van der Waals surface area contributed by atoms with Crippen LogP contribution in [0, 0.1) is 0 Å². The summed E-state index contributed by atoms with van der Waals surface area (Å²) in [6.45, 7) is 5.28. The van der Waals surface area contributed by atoms with Crippen molar-refractivity contribution in [3.05, 3.63) is 22.8 Å². The topological polar surface area (TPSA) is 65.5 Å². The van der Waals surface area contributed by atoms with E-state index in [1.165, 1.54) is 12.8 Å². The molecule has 104 valence electrons. The zero-order chi connectivity index (χ0) is 13.8. The number of carboxylic acid groups (broad SMARTS) is 1. The van der Waals surface area contributed by atoms with Gasteiger partial charge in [-0.25, -0.2) is 9.78 Å². The molecule has 2 N–H and O–H groups in total. The number of nitrogens with one attached hydrogen (secondary N) is 1. The summed E-state index contributed by atoms with van der Waals surface area (Å²) in [5.41, 5.74) is -0.111. The minimum Gasteiger partial charge on any atom is -0.476 e. The van der Waals surface area contributed by atoms with Crippen LogP contribution in [-0.4, -0.2) is 46.6 Å². The lowest BCUT2D eigenvalue weighted by molar-refractivity contribution is 0.0691.